The van der Waals surface area contributed by atoms with Gasteiger partial charge in [-0.25, -0.2) is 5.84 Å². The Labute approximate surface area is 628 Å². The van der Waals surface area contributed by atoms with Crippen molar-refractivity contribution < 1.29 is 128 Å². The third kappa shape index (κ3) is 20.3. The molecule has 7 heterocycles. The van der Waals surface area contributed by atoms with E-state index in [4.69, 9.17) is 66.7 Å². The molecule has 0 radical (unpaired) electrons. The van der Waals surface area contributed by atoms with E-state index in [2.05, 4.69) is 25.6 Å². The van der Waals surface area contributed by atoms with E-state index in [0.717, 1.165) is 13.1 Å². The number of amides is 3. The normalized spacial score (nSPS) is 35.4. The molecule has 4 fully saturated rings. The van der Waals surface area contributed by atoms with E-state index < -0.39 is 199 Å². The molecule has 38 heteroatoms. The highest BCUT2D eigenvalue weighted by atomic mass is 16.7. The van der Waals surface area contributed by atoms with E-state index in [0.29, 0.717) is 18.7 Å². The molecule has 3 aromatic rings. The monoisotopic (exact) mass is 1540 g/mol. The predicted molar refractivity (Wildman–Crippen MR) is 388 cm³/mol. The van der Waals surface area contributed by atoms with Gasteiger partial charge in [0.15, 0.2) is 18.3 Å². The number of nitrogens with one attached hydrogen (secondary N) is 3. The molecule has 5 bridgehead atoms. The van der Waals surface area contributed by atoms with Crippen LogP contribution in [0.15, 0.2) is 65.8 Å². The number of anilines is 1. The van der Waals surface area contributed by atoms with Gasteiger partial charge in [-0.1, -0.05) is 45.9 Å². The molecule has 0 spiro atoms. The average Bonchev–Trinajstić information content (AvgIpc) is 1.61. The quantitative estimate of drug-likeness (QED) is 0.0130. The van der Waals surface area contributed by atoms with E-state index >= 15 is 0 Å². The fraction of sp³-hybridized carbons (Fsp3) is 0.620. The number of likely N-dealkylation sites (N-methyl/N-ethyl adjacent to an activating group) is 1. The van der Waals surface area contributed by atoms with Gasteiger partial charge in [-0.05, 0) is 58.5 Å². The molecule has 3 saturated heterocycles. The number of aliphatic hydroxyl groups is 10. The Balaban J connectivity index is 0.000000283. The number of nitrogen functional groups attached to an aromatic ring is 1. The highest BCUT2D eigenvalue weighted by molar-refractivity contribution is 6.24. The summed E-state index contributed by atoms with van der Waals surface area (Å²) in [6, 6.07) is -0.283. The number of benzene rings is 2. The van der Waals surface area contributed by atoms with Crippen LogP contribution in [0.25, 0.3) is 10.8 Å². The molecule has 25 atom stereocenters. The fourth-order valence-corrected chi connectivity index (χ4v) is 13.6. The lowest BCUT2D eigenvalue weighted by atomic mass is 9.78. The SMILES string of the molecule is CO[C@H]1/C=C/O[C@@]2(C)Oc3c(C)c(O)c4c(O)c(c(/C=N\N5CCN(C)CC5)c(O)c4c3C2=O)NC(=O)/C(C)=C\C=C\[C@@H](C)[C@H](O)[C@@H](C)[C@H](O)[C@@H](C)[C@H](OC(C)=O)[C@@H]1C.NCC[C@H](O)C(=O)N[C@@H]1C[C@H](N)[C@@H](O[C@H]2O[C@H](CN)[C@@H](O)[C@H](O)[C@H]2O)[C@H](O)[C@H]1O[C@H]1O[C@H](CO)[C@@H](O)[C@H](N)[C@H]1O.NNC(=O)c1ccncc1. The average molecular weight is 1550 g/mol. The summed E-state index contributed by atoms with van der Waals surface area (Å²) >= 11 is 0. The summed E-state index contributed by atoms with van der Waals surface area (Å²) in [6.45, 7) is 14.2. The van der Waals surface area contributed by atoms with E-state index in [1.807, 2.05) is 12.5 Å². The summed E-state index contributed by atoms with van der Waals surface area (Å²) in [5, 5.41) is 152. The summed E-state index contributed by atoms with van der Waals surface area (Å²) in [7, 11) is 3.42. The number of nitrogens with zero attached hydrogens (tertiary/aromatic N) is 4. The zero-order chi connectivity index (χ0) is 81.0. The van der Waals surface area contributed by atoms with Crippen molar-refractivity contribution >= 4 is 52.1 Å². The van der Waals surface area contributed by atoms with Crippen LogP contribution in [0, 0.1) is 30.6 Å². The maximum Gasteiger partial charge on any atom is 0.312 e. The molecular formula is C71H108N12O26. The van der Waals surface area contributed by atoms with Gasteiger partial charge in [0.1, 0.15) is 90.5 Å². The van der Waals surface area contributed by atoms with Crippen LogP contribution in [0.3, 0.4) is 0 Å². The number of carbonyl (C=O) groups is 5. The van der Waals surface area contributed by atoms with Gasteiger partial charge in [0.2, 0.25) is 5.91 Å². The minimum atomic E-state index is -2.04. The van der Waals surface area contributed by atoms with Gasteiger partial charge in [0.05, 0.1) is 71.7 Å². The molecule has 1 aliphatic carbocycles. The number of fused-ring (bicyclic) bond motifs is 14. The van der Waals surface area contributed by atoms with Crippen LogP contribution in [0.5, 0.6) is 23.0 Å². The van der Waals surface area contributed by atoms with Crippen LogP contribution in [0.2, 0.25) is 0 Å². The van der Waals surface area contributed by atoms with Crippen LogP contribution in [-0.4, -0.2) is 305 Å². The van der Waals surface area contributed by atoms with Crippen LogP contribution in [0.1, 0.15) is 93.2 Å². The summed E-state index contributed by atoms with van der Waals surface area (Å²) in [4.78, 5) is 69.7. The largest absolute Gasteiger partial charge is 0.507 e. The maximum atomic E-state index is 14.4. The van der Waals surface area contributed by atoms with Crippen LogP contribution in [-0.2, 0) is 47.5 Å². The number of esters is 1. The van der Waals surface area contributed by atoms with Gasteiger partial charge in [-0.15, -0.1) is 0 Å². The second-order valence-corrected chi connectivity index (χ2v) is 28.2. The zero-order valence-electron chi connectivity index (χ0n) is 62.3. The van der Waals surface area contributed by atoms with Gasteiger partial charge in [-0.2, -0.15) is 5.10 Å². The number of ether oxygens (including phenoxy) is 8. The number of phenols is 3. The summed E-state index contributed by atoms with van der Waals surface area (Å²) < 4.78 is 46.1. The predicted octanol–water partition coefficient (Wildman–Crippen LogP) is -4.40. The standard InChI is InChI=1S/C43H58N4O12.C22H43N5O13.C6H7N3O/c1-21-12-11-13-22(2)42(55)45-33-28(20-44-47-17-15-46(9)16-18-47)37(52)30-31(38(33)53)36(51)26(6)40-32(30)41(54)43(8,59-40)57-19-14-29(56-10)23(3)39(58-27(7)48)25(5)35(50)24(4)34(21)49;23-2-1-8(29)20(36)27-7-3-6(25)18(39-22-16(34)15(33)13(31)9(4-24)37-22)17(35)19(7)40-21-14(32)11(26)12(30)10(5-28)38-21;7-9-6(10)5-1-3-8-4-2-5/h11-14,19-21,23-25,29,34-35,39,49-53H,15-18H2,1-10H3,(H,45,55);6-19,21-22,28-35H,1-5,23-26H2,(H,27,36);1-4H,7H2,(H,9,10)/b12-11+,19-14+,22-13-,44-20-;;/t21-,23-,24-,25-,29+,34+,35+,39-,43+;6-,7+,8-,9+,10+,11-,12+,13+,14+,15-,16+,17-,18+,19-,21+,22+;/m10./s1. The first-order chi connectivity index (χ1) is 51.4. The number of aromatic nitrogens is 1. The Bertz CT molecular complexity index is 3720. The van der Waals surface area contributed by atoms with Gasteiger partial charge in [0.25, 0.3) is 17.6 Å². The molecule has 0 unspecified atom stereocenters. The minimum absolute atomic E-state index is 0.0101. The summed E-state index contributed by atoms with van der Waals surface area (Å²) in [6.07, 6.45) is -11.9. The number of phenolic OH excluding ortho intramolecular Hbond substituents is 3. The number of rotatable bonds is 15. The molecule has 109 heavy (non-hydrogen) atoms. The van der Waals surface area contributed by atoms with Crippen molar-refractivity contribution in [2.75, 3.05) is 65.3 Å². The van der Waals surface area contributed by atoms with E-state index in [-0.39, 0.29) is 76.3 Å². The number of pyridine rings is 1. The number of hydrazone groups is 1. The zero-order valence-corrected chi connectivity index (χ0v) is 62.3. The molecule has 3 amide bonds. The number of aromatic hydroxyl groups is 3. The highest BCUT2D eigenvalue weighted by Crippen LogP contribution is 2.55. The Hall–Kier alpha value is -7.75. The van der Waals surface area contributed by atoms with Crippen molar-refractivity contribution in [1.82, 2.24) is 25.6 Å². The highest BCUT2D eigenvalue weighted by Gasteiger charge is 2.54. The first-order valence-corrected chi connectivity index (χ1v) is 35.6. The van der Waals surface area contributed by atoms with Crippen molar-refractivity contribution in [3.63, 3.8) is 0 Å². The van der Waals surface area contributed by atoms with Gasteiger partial charge in [0, 0.05) is 118 Å². The Kier molecular flexibility index (Phi) is 31.6. The number of allylic oxidation sites excluding steroid dienone is 2. The number of carbonyl (C=O) groups excluding carboxylic acids is 5. The molecule has 38 nitrogen and oxygen atoms in total. The number of piperazine rings is 1. The molecule has 1 aromatic heterocycles. The van der Waals surface area contributed by atoms with Crippen LogP contribution < -0.4 is 49.6 Å². The number of ketones is 1. The molecular weight excluding hydrogens is 1440 g/mol. The molecule has 2 aromatic carbocycles. The number of Topliss-reactive ketones (excluding diaryl/α,β-unsaturated/α-hetero) is 1. The second-order valence-electron chi connectivity index (χ2n) is 28.2. The van der Waals surface area contributed by atoms with Crippen molar-refractivity contribution in [1.29, 1.82) is 0 Å². The fourth-order valence-electron chi connectivity index (χ4n) is 13.6. The first kappa shape index (κ1) is 88.5. The third-order valence-electron chi connectivity index (χ3n) is 20.4. The molecule has 6 aliphatic heterocycles. The maximum absolute atomic E-state index is 14.4. The molecule has 26 N–H and O–H groups in total. The molecule has 608 valence electrons. The summed E-state index contributed by atoms with van der Waals surface area (Å²) in [5.74, 6) is -4.61. The Morgan fingerprint density at radius 1 is 0.798 bits per heavy atom. The van der Waals surface area contributed by atoms with Crippen molar-refractivity contribution in [2.24, 2.45) is 57.6 Å². The number of methoxy groups -OCH3 is 1. The number of hydrogen-bond donors (Lipinski definition) is 21. The number of hydrazine groups is 1. The lowest BCUT2D eigenvalue weighted by molar-refractivity contribution is -0.332. The van der Waals surface area contributed by atoms with Gasteiger partial charge < -0.3 is 143 Å². The molecule has 7 aliphatic rings. The van der Waals surface area contributed by atoms with E-state index in [9.17, 15) is 90.4 Å². The number of aliphatic hydroxyl groups excluding tert-OH is 10. The van der Waals surface area contributed by atoms with E-state index in [1.165, 1.54) is 71.8 Å². The Morgan fingerprint density at radius 2 is 1.43 bits per heavy atom. The molecule has 1 saturated carbocycles. The third-order valence-corrected chi connectivity index (χ3v) is 20.4. The summed E-state index contributed by atoms with van der Waals surface area (Å²) in [5.41, 5.74) is 25.3. The second kappa shape index (κ2) is 38.9. The van der Waals surface area contributed by atoms with Crippen LogP contribution in [0.4, 0.5) is 5.69 Å². The number of hydrogen-bond acceptors (Lipinski definition) is 35. The minimum Gasteiger partial charge on any atom is -0.507 e. The Morgan fingerprint density at radius 3 is 2.04 bits per heavy atom. The van der Waals surface area contributed by atoms with Crippen molar-refractivity contribution in [3.8, 4) is 23.0 Å². The topological polar surface area (TPSA) is 620 Å². The van der Waals surface area contributed by atoms with E-state index in [1.54, 1.807) is 57.0 Å². The van der Waals surface area contributed by atoms with Crippen LogP contribution >= 0.6 is 0 Å². The smallest absolute Gasteiger partial charge is 0.312 e. The lowest BCUT2D eigenvalue weighted by Gasteiger charge is -2.49. The van der Waals surface area contributed by atoms with Gasteiger partial charge in [-0.3, -0.25) is 39.4 Å². The lowest BCUT2D eigenvalue weighted by Crippen LogP contribution is -2.69. The van der Waals surface area contributed by atoms with Crippen molar-refractivity contribution in [3.05, 3.63) is 82.9 Å². The molecule has 10 rings (SSSR count). The van der Waals surface area contributed by atoms with Crippen molar-refractivity contribution in [2.45, 2.75) is 196 Å². The number of nitrogens with two attached hydrogens (primary N) is 5. The first-order valence-electron chi connectivity index (χ1n) is 35.6. The van der Waals surface area contributed by atoms with Gasteiger partial charge >= 0.3 is 11.8 Å².